The summed E-state index contributed by atoms with van der Waals surface area (Å²) in [4.78, 5) is 31.3. The van der Waals surface area contributed by atoms with E-state index in [9.17, 15) is 9.59 Å². The standard InChI is InChI=1S/C31H25ClN2O4S/c1-2-37-27(35)18-38-21-10-7-8-19(16-21)17-26-30(36)34-29(23-12-5-6-13-25(23)32)24-15-14-20-9-3-4-11-22(20)28(24)33-31(34)39-26/h3-13,16-17,29H,2,14-15,18H2,1H3. The molecule has 0 saturated heterocycles. The fourth-order valence-corrected chi connectivity index (χ4v) is 6.43. The molecular weight excluding hydrogens is 532 g/mol. The van der Waals surface area contributed by atoms with Crippen molar-refractivity contribution in [1.82, 2.24) is 4.57 Å². The molecule has 1 aromatic heterocycles. The van der Waals surface area contributed by atoms with Crippen LogP contribution in [0.15, 0.2) is 88.2 Å². The highest BCUT2D eigenvalue weighted by atomic mass is 35.5. The number of nitrogens with zero attached hydrogens (tertiary/aromatic N) is 2. The number of allylic oxidation sites excluding steroid dienone is 1. The van der Waals surface area contributed by atoms with Crippen LogP contribution in [0.1, 0.15) is 41.6 Å². The van der Waals surface area contributed by atoms with E-state index in [0.29, 0.717) is 26.7 Å². The lowest BCUT2D eigenvalue weighted by Gasteiger charge is -2.31. The maximum atomic E-state index is 13.9. The number of ether oxygens (including phenoxy) is 2. The molecule has 4 aromatic rings. The first-order valence-electron chi connectivity index (χ1n) is 12.8. The molecule has 0 N–H and O–H groups in total. The second-order valence-electron chi connectivity index (χ2n) is 9.30. The summed E-state index contributed by atoms with van der Waals surface area (Å²) in [5.74, 6) is 0.0897. The first-order chi connectivity index (χ1) is 19.0. The van der Waals surface area contributed by atoms with Crippen LogP contribution in [0.4, 0.5) is 0 Å². The summed E-state index contributed by atoms with van der Waals surface area (Å²) in [7, 11) is 0. The van der Waals surface area contributed by atoms with Crippen LogP contribution in [0, 0.1) is 0 Å². The average Bonchev–Trinajstić information content (AvgIpc) is 3.25. The molecule has 1 aliphatic carbocycles. The molecule has 8 heteroatoms. The van der Waals surface area contributed by atoms with Crippen molar-refractivity contribution in [3.63, 3.8) is 0 Å². The Labute approximate surface area is 234 Å². The largest absolute Gasteiger partial charge is 0.482 e. The van der Waals surface area contributed by atoms with Crippen LogP contribution in [-0.4, -0.2) is 23.8 Å². The Morgan fingerprint density at radius 2 is 1.92 bits per heavy atom. The van der Waals surface area contributed by atoms with E-state index in [1.54, 1.807) is 23.6 Å². The van der Waals surface area contributed by atoms with Crippen LogP contribution in [0.5, 0.6) is 5.75 Å². The molecule has 39 heavy (non-hydrogen) atoms. The number of thiazole rings is 1. The van der Waals surface area contributed by atoms with E-state index in [4.69, 9.17) is 26.1 Å². The molecular formula is C31H25ClN2O4S. The third-order valence-electron chi connectivity index (χ3n) is 6.89. The SMILES string of the molecule is CCOC(=O)COc1cccc(C=c2sc3n(c2=O)C(c2ccccc2Cl)C2=C(N=3)c3ccccc3CC2)c1. The molecule has 2 heterocycles. The van der Waals surface area contributed by atoms with Crippen molar-refractivity contribution in [2.45, 2.75) is 25.8 Å². The zero-order valence-corrected chi connectivity index (χ0v) is 22.8. The number of aryl methyl sites for hydroxylation is 1. The van der Waals surface area contributed by atoms with Gasteiger partial charge in [0.1, 0.15) is 5.75 Å². The fraction of sp³-hybridized carbons (Fsp3) is 0.194. The summed E-state index contributed by atoms with van der Waals surface area (Å²) in [5.41, 5.74) is 5.97. The number of hydrogen-bond acceptors (Lipinski definition) is 6. The molecule has 0 saturated carbocycles. The number of aromatic nitrogens is 1. The summed E-state index contributed by atoms with van der Waals surface area (Å²) in [5, 5.41) is 0.621. The lowest BCUT2D eigenvalue weighted by Crippen LogP contribution is -2.38. The monoisotopic (exact) mass is 556 g/mol. The first-order valence-corrected chi connectivity index (χ1v) is 14.0. The van der Waals surface area contributed by atoms with Crippen molar-refractivity contribution >= 4 is 40.7 Å². The van der Waals surface area contributed by atoms with Gasteiger partial charge in [-0.25, -0.2) is 9.79 Å². The van der Waals surface area contributed by atoms with Crippen molar-refractivity contribution in [2.24, 2.45) is 4.99 Å². The van der Waals surface area contributed by atoms with Gasteiger partial charge in [0, 0.05) is 10.6 Å². The van der Waals surface area contributed by atoms with Gasteiger partial charge in [0.2, 0.25) is 0 Å². The van der Waals surface area contributed by atoms with E-state index < -0.39 is 5.97 Å². The Morgan fingerprint density at radius 1 is 1.10 bits per heavy atom. The zero-order valence-electron chi connectivity index (χ0n) is 21.2. The van der Waals surface area contributed by atoms with Gasteiger partial charge >= 0.3 is 5.97 Å². The van der Waals surface area contributed by atoms with Crippen LogP contribution >= 0.6 is 22.9 Å². The lowest BCUT2D eigenvalue weighted by atomic mass is 9.83. The molecule has 0 spiro atoms. The Morgan fingerprint density at radius 3 is 2.77 bits per heavy atom. The van der Waals surface area contributed by atoms with Crippen LogP contribution in [0.25, 0.3) is 11.8 Å². The average molecular weight is 557 g/mol. The number of carbonyl (C=O) groups excluding carboxylic acids is 1. The third kappa shape index (κ3) is 4.84. The Bertz CT molecular complexity index is 1800. The van der Waals surface area contributed by atoms with Crippen LogP contribution in [-0.2, 0) is 16.0 Å². The maximum Gasteiger partial charge on any atom is 0.344 e. The van der Waals surface area contributed by atoms with Gasteiger partial charge in [0.15, 0.2) is 11.4 Å². The van der Waals surface area contributed by atoms with Crippen molar-refractivity contribution in [1.29, 1.82) is 0 Å². The molecule has 0 amide bonds. The van der Waals surface area contributed by atoms with Gasteiger partial charge in [0.05, 0.1) is 22.9 Å². The number of rotatable bonds is 6. The van der Waals surface area contributed by atoms with Crippen LogP contribution in [0.2, 0.25) is 5.02 Å². The van der Waals surface area contributed by atoms with Crippen molar-refractivity contribution in [3.8, 4) is 5.75 Å². The minimum Gasteiger partial charge on any atom is -0.482 e. The van der Waals surface area contributed by atoms with Gasteiger partial charge in [-0.3, -0.25) is 9.36 Å². The van der Waals surface area contributed by atoms with Gasteiger partial charge in [-0.05, 0) is 66.3 Å². The van der Waals surface area contributed by atoms with Crippen molar-refractivity contribution in [2.75, 3.05) is 13.2 Å². The van der Waals surface area contributed by atoms with Crippen molar-refractivity contribution in [3.05, 3.63) is 125 Å². The minimum atomic E-state index is -0.429. The van der Waals surface area contributed by atoms with Gasteiger partial charge in [-0.15, -0.1) is 0 Å². The number of hydrogen-bond donors (Lipinski definition) is 0. The van der Waals surface area contributed by atoms with E-state index in [-0.39, 0.29) is 18.2 Å². The molecule has 1 aliphatic heterocycles. The topological polar surface area (TPSA) is 69.9 Å². The summed E-state index contributed by atoms with van der Waals surface area (Å²) in [6.45, 7) is 1.87. The molecule has 1 atom stereocenters. The Kier molecular flexibility index (Phi) is 6.94. The molecule has 6 nitrogen and oxygen atoms in total. The molecule has 6 rings (SSSR count). The Balaban J connectivity index is 1.47. The van der Waals surface area contributed by atoms with E-state index >= 15 is 0 Å². The summed E-state index contributed by atoms with van der Waals surface area (Å²) < 4.78 is 12.9. The smallest absolute Gasteiger partial charge is 0.344 e. The number of halogens is 1. The van der Waals surface area contributed by atoms with E-state index in [1.807, 2.05) is 48.5 Å². The minimum absolute atomic E-state index is 0.119. The fourth-order valence-electron chi connectivity index (χ4n) is 5.19. The summed E-state index contributed by atoms with van der Waals surface area (Å²) in [6.07, 6.45) is 3.52. The molecule has 2 aliphatic rings. The molecule has 1 unspecified atom stereocenters. The highest BCUT2D eigenvalue weighted by Gasteiger charge is 2.33. The van der Waals surface area contributed by atoms with E-state index in [0.717, 1.165) is 40.8 Å². The van der Waals surface area contributed by atoms with Gasteiger partial charge in [0.25, 0.3) is 5.56 Å². The number of carbonyl (C=O) groups is 1. The second kappa shape index (κ2) is 10.7. The first kappa shape index (κ1) is 25.3. The summed E-state index contributed by atoms with van der Waals surface area (Å²) in [6, 6.07) is 23.0. The van der Waals surface area contributed by atoms with Gasteiger partial charge < -0.3 is 9.47 Å². The van der Waals surface area contributed by atoms with Crippen LogP contribution in [0.3, 0.4) is 0 Å². The number of esters is 1. The van der Waals surface area contributed by atoms with E-state index in [2.05, 4.69) is 18.2 Å². The molecule has 0 bridgehead atoms. The lowest BCUT2D eigenvalue weighted by molar-refractivity contribution is -0.145. The zero-order chi connectivity index (χ0) is 26.9. The highest BCUT2D eigenvalue weighted by molar-refractivity contribution is 7.07. The quantitative estimate of drug-likeness (QED) is 0.316. The van der Waals surface area contributed by atoms with Crippen molar-refractivity contribution < 1.29 is 14.3 Å². The number of benzene rings is 3. The highest BCUT2D eigenvalue weighted by Crippen LogP contribution is 2.42. The molecule has 0 fully saturated rings. The second-order valence-corrected chi connectivity index (χ2v) is 10.7. The third-order valence-corrected chi connectivity index (χ3v) is 8.22. The van der Waals surface area contributed by atoms with Gasteiger partial charge in [-0.2, -0.15) is 0 Å². The number of fused-ring (bicyclic) bond motifs is 3. The van der Waals surface area contributed by atoms with Crippen LogP contribution < -0.4 is 19.6 Å². The van der Waals surface area contributed by atoms with E-state index in [1.165, 1.54) is 16.9 Å². The predicted octanol–water partition coefficient (Wildman–Crippen LogP) is 4.91. The van der Waals surface area contributed by atoms with Gasteiger partial charge in [-0.1, -0.05) is 77.5 Å². The predicted molar refractivity (Wildman–Crippen MR) is 153 cm³/mol. The molecule has 0 radical (unpaired) electrons. The summed E-state index contributed by atoms with van der Waals surface area (Å²) >= 11 is 8.07. The molecule has 3 aromatic carbocycles. The normalized spacial score (nSPS) is 16.2. The Hall–Kier alpha value is -3.94. The maximum absolute atomic E-state index is 13.9. The molecule has 196 valence electrons.